The minimum absolute atomic E-state index is 0.225. The van der Waals surface area contributed by atoms with E-state index < -0.39 is 0 Å². The number of nitrogens with one attached hydrogen (secondary N) is 1. The van der Waals surface area contributed by atoms with Crippen molar-refractivity contribution in [3.8, 4) is 0 Å². The van der Waals surface area contributed by atoms with Crippen molar-refractivity contribution < 1.29 is 4.79 Å². The zero-order valence-corrected chi connectivity index (χ0v) is 6.20. The highest BCUT2D eigenvalue weighted by Gasteiger charge is 2.16. The number of Topliss-reactive ketones (excluding diaryl/α,β-unsaturated/α-hetero) is 1. The molecule has 0 spiro atoms. The summed E-state index contributed by atoms with van der Waals surface area (Å²) in [4.78, 5) is 12.3. The largest absolute Gasteiger partial charge is 0.305 e. The molecule has 3 heteroatoms. The Morgan fingerprint density at radius 1 is 1.50 bits per heavy atom. The molecule has 1 aromatic heterocycles. The zero-order chi connectivity index (χ0) is 6.97. The van der Waals surface area contributed by atoms with Crippen LogP contribution in [0.3, 0.4) is 0 Å². The first-order valence-electron chi connectivity index (χ1n) is 3.18. The molecule has 0 bridgehead atoms. The summed E-state index contributed by atoms with van der Waals surface area (Å²) in [6.07, 6.45) is 0. The summed E-state index contributed by atoms with van der Waals surface area (Å²) < 4.78 is 0. The first kappa shape index (κ1) is 6.07. The predicted molar refractivity (Wildman–Crippen MR) is 40.4 cm³/mol. The Hall–Kier alpha value is -0.670. The summed E-state index contributed by atoms with van der Waals surface area (Å²) in [5.74, 6) is 0.225. The topological polar surface area (TPSA) is 29.1 Å². The van der Waals surface area contributed by atoms with Crippen molar-refractivity contribution in [2.45, 2.75) is 6.54 Å². The third kappa shape index (κ3) is 0.786. The van der Waals surface area contributed by atoms with Gasteiger partial charge in [0.2, 0.25) is 0 Å². The van der Waals surface area contributed by atoms with Crippen LogP contribution in [-0.2, 0) is 6.54 Å². The number of carbonyl (C=O) groups excluding carboxylic acids is 1. The van der Waals surface area contributed by atoms with Gasteiger partial charge in [-0.05, 0) is 11.4 Å². The van der Waals surface area contributed by atoms with E-state index in [-0.39, 0.29) is 5.78 Å². The van der Waals surface area contributed by atoms with Crippen molar-refractivity contribution in [2.75, 3.05) is 6.54 Å². The quantitative estimate of drug-likeness (QED) is 0.603. The van der Waals surface area contributed by atoms with E-state index in [9.17, 15) is 4.79 Å². The van der Waals surface area contributed by atoms with Crippen molar-refractivity contribution in [1.82, 2.24) is 5.32 Å². The summed E-state index contributed by atoms with van der Waals surface area (Å²) in [5.41, 5.74) is 0.920. The van der Waals surface area contributed by atoms with Gasteiger partial charge in [0.05, 0.1) is 6.54 Å². The van der Waals surface area contributed by atoms with Gasteiger partial charge in [0.1, 0.15) is 0 Å². The number of hydrogen-bond donors (Lipinski definition) is 1. The second-order valence-corrected chi connectivity index (χ2v) is 3.28. The second-order valence-electron chi connectivity index (χ2n) is 2.28. The van der Waals surface area contributed by atoms with E-state index in [1.807, 2.05) is 11.4 Å². The van der Waals surface area contributed by atoms with E-state index >= 15 is 0 Å². The fourth-order valence-corrected chi connectivity index (χ4v) is 1.97. The maximum Gasteiger partial charge on any atom is 0.177 e. The van der Waals surface area contributed by atoms with Gasteiger partial charge in [0, 0.05) is 17.0 Å². The molecular weight excluding hydrogens is 146 g/mol. The van der Waals surface area contributed by atoms with Gasteiger partial charge in [0.15, 0.2) is 5.78 Å². The highest BCUT2D eigenvalue weighted by molar-refractivity contribution is 7.10. The van der Waals surface area contributed by atoms with Crippen LogP contribution in [0.1, 0.15) is 15.2 Å². The average Bonchev–Trinajstić information content (AvgIpc) is 2.36. The molecule has 0 amide bonds. The lowest BCUT2D eigenvalue weighted by molar-refractivity contribution is 0.0983. The number of rotatable bonds is 0. The van der Waals surface area contributed by atoms with Crippen LogP contribution in [0, 0.1) is 0 Å². The zero-order valence-electron chi connectivity index (χ0n) is 5.39. The van der Waals surface area contributed by atoms with E-state index in [1.54, 1.807) is 11.3 Å². The van der Waals surface area contributed by atoms with Gasteiger partial charge in [-0.15, -0.1) is 11.3 Å². The number of carbonyl (C=O) groups is 1. The Morgan fingerprint density at radius 2 is 2.40 bits per heavy atom. The molecule has 1 N–H and O–H groups in total. The molecule has 2 nitrogen and oxygen atoms in total. The van der Waals surface area contributed by atoms with Crippen LogP contribution in [0.2, 0.25) is 0 Å². The van der Waals surface area contributed by atoms with Gasteiger partial charge in [-0.1, -0.05) is 0 Å². The van der Waals surface area contributed by atoms with Crippen LogP contribution in [-0.4, -0.2) is 12.3 Å². The van der Waals surface area contributed by atoms with E-state index in [2.05, 4.69) is 5.32 Å². The first-order valence-corrected chi connectivity index (χ1v) is 4.06. The highest BCUT2D eigenvalue weighted by atomic mass is 32.1. The van der Waals surface area contributed by atoms with Crippen LogP contribution in [0.5, 0.6) is 0 Å². The molecule has 1 aliphatic rings. The minimum atomic E-state index is 0.225. The third-order valence-electron chi connectivity index (χ3n) is 1.62. The SMILES string of the molecule is O=C1CNCc2sccc21. The smallest absolute Gasteiger partial charge is 0.177 e. The number of thiophene rings is 1. The molecule has 0 unspecified atom stereocenters. The Labute approximate surface area is 62.9 Å². The van der Waals surface area contributed by atoms with Gasteiger partial charge < -0.3 is 5.32 Å². The lowest BCUT2D eigenvalue weighted by atomic mass is 10.1. The summed E-state index contributed by atoms with van der Waals surface area (Å²) in [5, 5.41) is 5.01. The maximum absolute atomic E-state index is 11.1. The van der Waals surface area contributed by atoms with Crippen LogP contribution < -0.4 is 5.32 Å². The molecule has 0 saturated carbocycles. The number of ketones is 1. The number of hydrogen-bond acceptors (Lipinski definition) is 3. The van der Waals surface area contributed by atoms with Crippen LogP contribution in [0.15, 0.2) is 11.4 Å². The van der Waals surface area contributed by atoms with Gasteiger partial charge in [-0.25, -0.2) is 0 Å². The van der Waals surface area contributed by atoms with Crippen molar-refractivity contribution >= 4 is 17.1 Å². The molecule has 10 heavy (non-hydrogen) atoms. The lowest BCUT2D eigenvalue weighted by Crippen LogP contribution is -2.28. The molecule has 0 aromatic carbocycles. The standard InChI is InChI=1S/C7H7NOS/c9-6-3-8-4-7-5(6)1-2-10-7/h1-2,8H,3-4H2. The molecule has 1 aromatic rings. The fraction of sp³-hybridized carbons (Fsp3) is 0.286. The van der Waals surface area contributed by atoms with Crippen molar-refractivity contribution in [2.24, 2.45) is 0 Å². The molecule has 0 atom stereocenters. The van der Waals surface area contributed by atoms with Crippen LogP contribution in [0.4, 0.5) is 0 Å². The summed E-state index contributed by atoms with van der Waals surface area (Å²) >= 11 is 1.65. The summed E-state index contributed by atoms with van der Waals surface area (Å²) in [6, 6.07) is 1.91. The van der Waals surface area contributed by atoms with Gasteiger partial charge in [-0.3, -0.25) is 4.79 Å². The highest BCUT2D eigenvalue weighted by Crippen LogP contribution is 2.19. The predicted octanol–water partition coefficient (Wildman–Crippen LogP) is 1.03. The molecule has 1 aliphatic heterocycles. The van der Waals surface area contributed by atoms with E-state index in [0.717, 1.165) is 12.1 Å². The molecule has 52 valence electrons. The maximum atomic E-state index is 11.1. The third-order valence-corrected chi connectivity index (χ3v) is 2.54. The lowest BCUT2D eigenvalue weighted by Gasteiger charge is -2.09. The van der Waals surface area contributed by atoms with Gasteiger partial charge >= 0.3 is 0 Å². The minimum Gasteiger partial charge on any atom is -0.305 e. The molecule has 2 heterocycles. The van der Waals surface area contributed by atoms with E-state index in [1.165, 1.54) is 4.88 Å². The van der Waals surface area contributed by atoms with Gasteiger partial charge in [0.25, 0.3) is 0 Å². The first-order chi connectivity index (χ1) is 4.88. The normalized spacial score (nSPS) is 17.0. The summed E-state index contributed by atoms with van der Waals surface area (Å²) in [7, 11) is 0. The Bertz CT molecular complexity index is 266. The van der Waals surface area contributed by atoms with E-state index in [4.69, 9.17) is 0 Å². The number of fused-ring (bicyclic) bond motifs is 1. The Kier molecular flexibility index (Phi) is 1.32. The van der Waals surface area contributed by atoms with Crippen molar-refractivity contribution in [3.05, 3.63) is 21.9 Å². The van der Waals surface area contributed by atoms with Crippen LogP contribution in [0.25, 0.3) is 0 Å². The monoisotopic (exact) mass is 153 g/mol. The molecular formula is C7H7NOS. The average molecular weight is 153 g/mol. The second kappa shape index (κ2) is 2.18. The molecule has 0 fully saturated rings. The molecule has 2 rings (SSSR count). The Balaban J connectivity index is 2.50. The molecule has 0 aliphatic carbocycles. The van der Waals surface area contributed by atoms with Crippen molar-refractivity contribution in [1.29, 1.82) is 0 Å². The Morgan fingerprint density at radius 3 is 3.20 bits per heavy atom. The van der Waals surface area contributed by atoms with Crippen molar-refractivity contribution in [3.63, 3.8) is 0 Å². The molecule has 0 saturated heterocycles. The molecule has 0 radical (unpaired) electrons. The summed E-state index contributed by atoms with van der Waals surface area (Å²) in [6.45, 7) is 1.36. The van der Waals surface area contributed by atoms with E-state index in [0.29, 0.717) is 6.54 Å². The van der Waals surface area contributed by atoms with Crippen LogP contribution >= 0.6 is 11.3 Å². The fourth-order valence-electron chi connectivity index (χ4n) is 1.11. The van der Waals surface area contributed by atoms with Gasteiger partial charge in [-0.2, -0.15) is 0 Å².